The van der Waals surface area contributed by atoms with Gasteiger partial charge in [-0.2, -0.15) is 0 Å². The van der Waals surface area contributed by atoms with Crippen molar-refractivity contribution in [3.8, 4) is 0 Å². The molecule has 0 unspecified atom stereocenters. The molecule has 184 valence electrons. The predicted octanol–water partition coefficient (Wildman–Crippen LogP) is 3.53. The number of amides is 2. The molecule has 2 heterocycles. The van der Waals surface area contributed by atoms with Crippen LogP contribution in [0.15, 0.2) is 24.3 Å². The van der Waals surface area contributed by atoms with Crippen LogP contribution in [0.1, 0.15) is 60.2 Å². The molecule has 3 N–H and O–H groups in total. The van der Waals surface area contributed by atoms with Crippen LogP contribution in [0, 0.1) is 0 Å². The van der Waals surface area contributed by atoms with Crippen LogP contribution in [0.3, 0.4) is 0 Å². The zero-order valence-electron chi connectivity index (χ0n) is 20.9. The van der Waals surface area contributed by atoms with E-state index >= 15 is 0 Å². The van der Waals surface area contributed by atoms with Crippen LogP contribution >= 0.6 is 0 Å². The largest absolute Gasteiger partial charge is 0.389 e. The number of anilines is 1. The number of carbonyl (C=O) groups is 2. The summed E-state index contributed by atoms with van der Waals surface area (Å²) in [5, 5.41) is 17.1. The Bertz CT molecular complexity index is 1190. The molecule has 34 heavy (non-hydrogen) atoms. The van der Waals surface area contributed by atoms with E-state index in [-0.39, 0.29) is 19.1 Å². The Morgan fingerprint density at radius 3 is 2.47 bits per heavy atom. The van der Waals surface area contributed by atoms with E-state index in [4.69, 9.17) is 9.72 Å². The summed E-state index contributed by atoms with van der Waals surface area (Å²) in [6, 6.07) is 7.59. The summed E-state index contributed by atoms with van der Waals surface area (Å²) in [6.45, 7) is 11.6. The molecule has 3 aromatic rings. The quantitative estimate of drug-likeness (QED) is 0.418. The molecule has 0 spiro atoms. The number of fused-ring (bicyclic) bond motifs is 3. The molecule has 9 heteroatoms. The smallest absolute Gasteiger partial charge is 0.250 e. The van der Waals surface area contributed by atoms with E-state index in [9.17, 15) is 14.7 Å². The third-order valence-corrected chi connectivity index (χ3v) is 5.37. The SMILES string of the molecule is CCCC(=O)NC(C)(C)C(=O)Nc1nc2ccccc2c2c1nc(COCC)n2CC(C)(C)O. The Morgan fingerprint density at radius 1 is 1.12 bits per heavy atom. The van der Waals surface area contributed by atoms with Crippen molar-refractivity contribution in [3.63, 3.8) is 0 Å². The fraction of sp³-hybridized carbons (Fsp3) is 0.520. The number of benzene rings is 1. The highest BCUT2D eigenvalue weighted by Gasteiger charge is 2.31. The van der Waals surface area contributed by atoms with Crippen LogP contribution < -0.4 is 10.6 Å². The van der Waals surface area contributed by atoms with Crippen LogP contribution in [0.4, 0.5) is 5.82 Å². The first kappa shape index (κ1) is 25.6. The van der Waals surface area contributed by atoms with Crippen molar-refractivity contribution in [2.45, 2.75) is 78.7 Å². The van der Waals surface area contributed by atoms with Crippen molar-refractivity contribution in [2.75, 3.05) is 11.9 Å². The Labute approximate surface area is 199 Å². The number of nitrogens with zero attached hydrogens (tertiary/aromatic N) is 3. The lowest BCUT2D eigenvalue weighted by Crippen LogP contribution is -2.52. The van der Waals surface area contributed by atoms with E-state index in [1.54, 1.807) is 27.7 Å². The first-order valence-corrected chi connectivity index (χ1v) is 11.7. The topological polar surface area (TPSA) is 118 Å². The minimum Gasteiger partial charge on any atom is -0.389 e. The van der Waals surface area contributed by atoms with Gasteiger partial charge in [-0.25, -0.2) is 9.97 Å². The summed E-state index contributed by atoms with van der Waals surface area (Å²) < 4.78 is 7.57. The monoisotopic (exact) mass is 469 g/mol. The number of para-hydroxylation sites is 1. The average Bonchev–Trinajstić information content (AvgIpc) is 3.09. The van der Waals surface area contributed by atoms with Crippen LogP contribution in [0.2, 0.25) is 0 Å². The zero-order chi connectivity index (χ0) is 25.1. The first-order chi connectivity index (χ1) is 16.0. The highest BCUT2D eigenvalue weighted by atomic mass is 16.5. The van der Waals surface area contributed by atoms with E-state index in [2.05, 4.69) is 15.6 Å². The van der Waals surface area contributed by atoms with Crippen LogP contribution in [-0.4, -0.2) is 49.2 Å². The van der Waals surface area contributed by atoms with Gasteiger partial charge in [0, 0.05) is 18.4 Å². The predicted molar refractivity (Wildman–Crippen MR) is 132 cm³/mol. The summed E-state index contributed by atoms with van der Waals surface area (Å²) in [5.74, 6) is 0.337. The number of hydrogen-bond donors (Lipinski definition) is 3. The number of imidazole rings is 1. The summed E-state index contributed by atoms with van der Waals surface area (Å²) >= 11 is 0. The van der Waals surface area contributed by atoms with E-state index in [0.717, 1.165) is 10.9 Å². The Balaban J connectivity index is 2.15. The van der Waals surface area contributed by atoms with Crippen molar-refractivity contribution >= 4 is 39.6 Å². The maximum atomic E-state index is 13.2. The van der Waals surface area contributed by atoms with Gasteiger partial charge in [0.25, 0.3) is 5.91 Å². The van der Waals surface area contributed by atoms with Gasteiger partial charge in [0.05, 0.1) is 23.2 Å². The fourth-order valence-electron chi connectivity index (χ4n) is 3.79. The van der Waals surface area contributed by atoms with Gasteiger partial charge in [0.1, 0.15) is 23.5 Å². The number of aromatic nitrogens is 3. The van der Waals surface area contributed by atoms with Gasteiger partial charge in [-0.15, -0.1) is 0 Å². The third kappa shape index (κ3) is 5.71. The number of nitrogens with one attached hydrogen (secondary N) is 2. The average molecular weight is 470 g/mol. The number of pyridine rings is 1. The van der Waals surface area contributed by atoms with Crippen molar-refractivity contribution in [2.24, 2.45) is 0 Å². The van der Waals surface area contributed by atoms with E-state index < -0.39 is 17.0 Å². The number of ether oxygens (including phenoxy) is 1. The van der Waals surface area contributed by atoms with Gasteiger partial charge in [-0.3, -0.25) is 9.59 Å². The van der Waals surface area contributed by atoms with Crippen LogP contribution in [-0.2, 0) is 27.5 Å². The van der Waals surface area contributed by atoms with Gasteiger partial charge in [-0.1, -0.05) is 25.1 Å². The number of carbonyl (C=O) groups excluding carboxylic acids is 2. The lowest BCUT2D eigenvalue weighted by molar-refractivity contribution is -0.129. The molecule has 2 aromatic heterocycles. The lowest BCUT2D eigenvalue weighted by Gasteiger charge is -2.25. The van der Waals surface area contributed by atoms with E-state index in [0.29, 0.717) is 42.1 Å². The van der Waals surface area contributed by atoms with Gasteiger partial charge < -0.3 is 25.0 Å². The fourth-order valence-corrected chi connectivity index (χ4v) is 3.79. The highest BCUT2D eigenvalue weighted by Crippen LogP contribution is 2.32. The molecule has 1 aromatic carbocycles. The second kappa shape index (κ2) is 10.1. The van der Waals surface area contributed by atoms with Gasteiger partial charge in [0.2, 0.25) is 5.91 Å². The Hall–Kier alpha value is -3.04. The molecule has 9 nitrogen and oxygen atoms in total. The highest BCUT2D eigenvalue weighted by molar-refractivity contribution is 6.11. The lowest BCUT2D eigenvalue weighted by atomic mass is 10.0. The Morgan fingerprint density at radius 2 is 1.82 bits per heavy atom. The summed E-state index contributed by atoms with van der Waals surface area (Å²) in [5.41, 5.74) is -0.214. The Kier molecular flexibility index (Phi) is 7.57. The van der Waals surface area contributed by atoms with Crippen molar-refractivity contribution < 1.29 is 19.4 Å². The molecule has 0 saturated heterocycles. The third-order valence-electron chi connectivity index (χ3n) is 5.37. The molecular weight excluding hydrogens is 434 g/mol. The molecule has 0 bridgehead atoms. The van der Waals surface area contributed by atoms with E-state index in [1.807, 2.05) is 42.7 Å². The summed E-state index contributed by atoms with van der Waals surface area (Å²) in [6.07, 6.45) is 1.04. The molecule has 0 fully saturated rings. The van der Waals surface area contributed by atoms with Crippen LogP contribution in [0.5, 0.6) is 0 Å². The van der Waals surface area contributed by atoms with E-state index in [1.165, 1.54) is 0 Å². The number of aliphatic hydroxyl groups is 1. The van der Waals surface area contributed by atoms with Gasteiger partial charge in [-0.05, 0) is 47.1 Å². The van der Waals surface area contributed by atoms with Crippen molar-refractivity contribution in [1.82, 2.24) is 19.9 Å². The molecule has 0 radical (unpaired) electrons. The van der Waals surface area contributed by atoms with Crippen LogP contribution in [0.25, 0.3) is 21.9 Å². The first-order valence-electron chi connectivity index (χ1n) is 11.7. The van der Waals surface area contributed by atoms with Crippen molar-refractivity contribution in [3.05, 3.63) is 30.1 Å². The normalized spacial score (nSPS) is 12.3. The molecule has 0 aliphatic heterocycles. The minimum atomic E-state index is -1.14. The maximum Gasteiger partial charge on any atom is 0.250 e. The second-order valence-corrected chi connectivity index (χ2v) is 9.62. The van der Waals surface area contributed by atoms with Crippen molar-refractivity contribution in [1.29, 1.82) is 0 Å². The molecule has 0 aliphatic carbocycles. The molecule has 2 amide bonds. The zero-order valence-corrected chi connectivity index (χ0v) is 20.9. The van der Waals surface area contributed by atoms with Gasteiger partial charge in [0.15, 0.2) is 5.82 Å². The number of rotatable bonds is 10. The summed E-state index contributed by atoms with van der Waals surface area (Å²) in [4.78, 5) is 34.8. The standard InChI is InChI=1S/C25H35N5O4/c1-7-11-19(31)29-25(5,6)23(32)28-22-20-21(16-12-9-10-13-17(16)26-22)30(15-24(3,4)33)18(27-20)14-34-8-2/h9-10,12-13,33H,7-8,11,14-15H2,1-6H3,(H,29,31)(H,26,28,32). The second-order valence-electron chi connectivity index (χ2n) is 9.62. The number of hydrogen-bond acceptors (Lipinski definition) is 6. The summed E-state index contributed by atoms with van der Waals surface area (Å²) in [7, 11) is 0. The minimum absolute atomic E-state index is 0.187. The molecule has 3 rings (SSSR count). The maximum absolute atomic E-state index is 13.2. The molecule has 0 aliphatic rings. The van der Waals surface area contributed by atoms with Gasteiger partial charge >= 0.3 is 0 Å². The molecule has 0 atom stereocenters. The molecular formula is C25H35N5O4. The molecule has 0 saturated carbocycles.